The average Bonchev–Trinajstić information content (AvgIpc) is 2.93. The molecule has 0 saturated heterocycles. The Morgan fingerprint density at radius 3 is 2.64 bits per heavy atom. The summed E-state index contributed by atoms with van der Waals surface area (Å²) in [6, 6.07) is 5.80. The first-order chi connectivity index (χ1) is 11.6. The lowest BCUT2D eigenvalue weighted by atomic mass is 10.1. The quantitative estimate of drug-likeness (QED) is 0.826. The van der Waals surface area contributed by atoms with Crippen molar-refractivity contribution >= 4 is 11.9 Å². The molecule has 0 bridgehead atoms. The summed E-state index contributed by atoms with van der Waals surface area (Å²) in [5.41, 5.74) is 1.38. The number of amides is 1. The molecule has 0 atom stereocenters. The predicted octanol–water partition coefficient (Wildman–Crippen LogP) is 1.78. The molecule has 0 radical (unpaired) electrons. The van der Waals surface area contributed by atoms with Crippen LogP contribution < -0.4 is 10.1 Å². The van der Waals surface area contributed by atoms with Crippen molar-refractivity contribution in [2.45, 2.75) is 46.4 Å². The topological polar surface area (TPSA) is 106 Å². The van der Waals surface area contributed by atoms with Crippen LogP contribution in [0.3, 0.4) is 0 Å². The minimum absolute atomic E-state index is 0.110. The third-order valence-electron chi connectivity index (χ3n) is 3.18. The van der Waals surface area contributed by atoms with E-state index in [1.807, 2.05) is 45.9 Å². The maximum atomic E-state index is 12.0. The van der Waals surface area contributed by atoms with Gasteiger partial charge in [-0.3, -0.25) is 4.79 Å². The van der Waals surface area contributed by atoms with Gasteiger partial charge in [0.1, 0.15) is 17.9 Å². The highest BCUT2D eigenvalue weighted by Gasteiger charge is 2.16. The Morgan fingerprint density at radius 2 is 2.04 bits per heavy atom. The summed E-state index contributed by atoms with van der Waals surface area (Å²) in [4.78, 5) is 22.8. The molecule has 0 aliphatic rings. The normalized spacial score (nSPS) is 11.2. The Bertz CT molecular complexity index is 777. The molecule has 0 spiro atoms. The number of carbonyl (C=O) groups excluding carboxylic acids is 1. The fourth-order valence-electron chi connectivity index (χ4n) is 2.10. The van der Waals surface area contributed by atoms with Gasteiger partial charge in [-0.15, -0.1) is 5.10 Å². The number of aromatic carboxylic acids is 1. The van der Waals surface area contributed by atoms with E-state index in [-0.39, 0.29) is 23.7 Å². The van der Waals surface area contributed by atoms with Crippen molar-refractivity contribution in [3.8, 4) is 5.75 Å². The van der Waals surface area contributed by atoms with Crippen LogP contribution in [-0.2, 0) is 17.9 Å². The average molecular weight is 346 g/mol. The number of carboxylic acids is 1. The van der Waals surface area contributed by atoms with Crippen molar-refractivity contribution in [3.63, 3.8) is 0 Å². The first-order valence-electron chi connectivity index (χ1n) is 7.83. The number of carbonyl (C=O) groups is 2. The van der Waals surface area contributed by atoms with Gasteiger partial charge in [-0.05, 0) is 39.3 Å². The number of aromatic nitrogens is 3. The molecule has 1 amide bonds. The highest BCUT2D eigenvalue weighted by Crippen LogP contribution is 2.24. The molecule has 1 aromatic carbocycles. The molecule has 1 aromatic heterocycles. The third kappa shape index (κ3) is 5.59. The van der Waals surface area contributed by atoms with Crippen molar-refractivity contribution in [2.75, 3.05) is 0 Å². The predicted molar refractivity (Wildman–Crippen MR) is 90.4 cm³/mol. The molecule has 0 aliphatic heterocycles. The molecule has 25 heavy (non-hydrogen) atoms. The first kappa shape index (κ1) is 18.4. The van der Waals surface area contributed by atoms with Gasteiger partial charge in [0.25, 0.3) is 0 Å². The van der Waals surface area contributed by atoms with Crippen LogP contribution in [0, 0.1) is 6.92 Å². The van der Waals surface area contributed by atoms with Crippen LogP contribution in [0.2, 0.25) is 0 Å². The fraction of sp³-hybridized carbons (Fsp3) is 0.412. The largest absolute Gasteiger partial charge is 0.488 e. The molecular weight excluding hydrogens is 324 g/mol. The second kappa shape index (κ2) is 7.33. The van der Waals surface area contributed by atoms with E-state index in [0.29, 0.717) is 6.54 Å². The number of nitrogens with zero attached hydrogens (tertiary/aromatic N) is 3. The second-order valence-corrected chi connectivity index (χ2v) is 6.71. The zero-order chi connectivity index (χ0) is 18.6. The van der Waals surface area contributed by atoms with Gasteiger partial charge in [0.15, 0.2) is 5.69 Å². The van der Waals surface area contributed by atoms with E-state index in [1.165, 1.54) is 10.9 Å². The lowest BCUT2D eigenvalue weighted by molar-refractivity contribution is -0.122. The Labute approximate surface area is 145 Å². The SMILES string of the molecule is Cc1ccc(CNC(=O)Cn2cc(C(=O)O)nn2)c(OC(C)(C)C)c1. The number of benzene rings is 1. The minimum Gasteiger partial charge on any atom is -0.488 e. The molecule has 2 rings (SSSR count). The van der Waals surface area contributed by atoms with Crippen LogP contribution in [-0.4, -0.2) is 37.6 Å². The standard InChI is InChI=1S/C17H22N4O4/c1-11-5-6-12(14(7-11)25-17(2,3)4)8-18-15(22)10-21-9-13(16(23)24)19-20-21/h5-7,9H,8,10H2,1-4H3,(H,18,22)(H,23,24). The van der Waals surface area contributed by atoms with E-state index in [4.69, 9.17) is 9.84 Å². The number of hydrogen-bond acceptors (Lipinski definition) is 5. The Balaban J connectivity index is 2.00. The van der Waals surface area contributed by atoms with Crippen LogP contribution in [0.25, 0.3) is 0 Å². The van der Waals surface area contributed by atoms with Crippen molar-refractivity contribution in [3.05, 3.63) is 41.2 Å². The van der Waals surface area contributed by atoms with Crippen molar-refractivity contribution in [1.29, 1.82) is 0 Å². The van der Waals surface area contributed by atoms with Crippen LogP contribution in [0.5, 0.6) is 5.75 Å². The summed E-state index contributed by atoms with van der Waals surface area (Å²) in [5.74, 6) is -0.763. The van der Waals surface area contributed by atoms with E-state index in [2.05, 4.69) is 15.6 Å². The molecule has 2 N–H and O–H groups in total. The van der Waals surface area contributed by atoms with Gasteiger partial charge in [-0.1, -0.05) is 17.3 Å². The van der Waals surface area contributed by atoms with Crippen molar-refractivity contribution in [2.24, 2.45) is 0 Å². The maximum absolute atomic E-state index is 12.0. The molecule has 1 heterocycles. The smallest absolute Gasteiger partial charge is 0.358 e. The zero-order valence-corrected chi connectivity index (χ0v) is 14.7. The number of ether oxygens (including phenoxy) is 1. The number of hydrogen-bond donors (Lipinski definition) is 2. The monoisotopic (exact) mass is 346 g/mol. The lowest BCUT2D eigenvalue weighted by Crippen LogP contribution is -2.28. The number of rotatable bonds is 6. The molecule has 0 saturated carbocycles. The van der Waals surface area contributed by atoms with Gasteiger partial charge >= 0.3 is 5.97 Å². The Morgan fingerprint density at radius 1 is 1.32 bits per heavy atom. The lowest BCUT2D eigenvalue weighted by Gasteiger charge is -2.23. The fourth-order valence-corrected chi connectivity index (χ4v) is 2.10. The summed E-state index contributed by atoms with van der Waals surface area (Å²) in [6.07, 6.45) is 1.21. The highest BCUT2D eigenvalue weighted by molar-refractivity contribution is 5.84. The first-order valence-corrected chi connectivity index (χ1v) is 7.83. The van der Waals surface area contributed by atoms with E-state index >= 15 is 0 Å². The summed E-state index contributed by atoms with van der Waals surface area (Å²) in [6.45, 7) is 8.04. The summed E-state index contributed by atoms with van der Waals surface area (Å²) < 4.78 is 7.13. The molecule has 0 unspecified atom stereocenters. The Hall–Kier alpha value is -2.90. The molecule has 134 valence electrons. The molecule has 8 heteroatoms. The zero-order valence-electron chi connectivity index (χ0n) is 14.7. The van der Waals surface area contributed by atoms with Gasteiger partial charge < -0.3 is 15.2 Å². The number of nitrogens with one attached hydrogen (secondary N) is 1. The summed E-state index contributed by atoms with van der Waals surface area (Å²) >= 11 is 0. The van der Waals surface area contributed by atoms with Crippen molar-refractivity contribution in [1.82, 2.24) is 20.3 Å². The van der Waals surface area contributed by atoms with Crippen LogP contribution >= 0.6 is 0 Å². The number of aryl methyl sites for hydroxylation is 1. The van der Waals surface area contributed by atoms with Gasteiger partial charge in [0.2, 0.25) is 5.91 Å². The van der Waals surface area contributed by atoms with Crippen molar-refractivity contribution < 1.29 is 19.4 Å². The highest BCUT2D eigenvalue weighted by atomic mass is 16.5. The van der Waals surface area contributed by atoms with Gasteiger partial charge in [0.05, 0.1) is 6.20 Å². The Kier molecular flexibility index (Phi) is 5.41. The van der Waals surface area contributed by atoms with E-state index in [0.717, 1.165) is 16.9 Å². The maximum Gasteiger partial charge on any atom is 0.358 e. The molecule has 2 aromatic rings. The van der Waals surface area contributed by atoms with Crippen LogP contribution in [0.15, 0.2) is 24.4 Å². The van der Waals surface area contributed by atoms with Crippen LogP contribution in [0.1, 0.15) is 42.4 Å². The van der Waals surface area contributed by atoms with Gasteiger partial charge in [0, 0.05) is 12.1 Å². The molecule has 0 fully saturated rings. The van der Waals surface area contributed by atoms with E-state index in [1.54, 1.807) is 0 Å². The summed E-state index contributed by atoms with van der Waals surface area (Å²) in [7, 11) is 0. The third-order valence-corrected chi connectivity index (χ3v) is 3.18. The molecule has 0 aliphatic carbocycles. The van der Waals surface area contributed by atoms with E-state index < -0.39 is 5.97 Å². The molecule has 8 nitrogen and oxygen atoms in total. The number of carboxylic acid groups (broad SMARTS) is 1. The second-order valence-electron chi connectivity index (χ2n) is 6.71. The van der Waals surface area contributed by atoms with E-state index in [9.17, 15) is 9.59 Å². The summed E-state index contributed by atoms with van der Waals surface area (Å²) in [5, 5.41) is 18.7. The van der Waals surface area contributed by atoms with Crippen LogP contribution in [0.4, 0.5) is 0 Å². The van der Waals surface area contributed by atoms with Gasteiger partial charge in [-0.25, -0.2) is 9.48 Å². The minimum atomic E-state index is -1.18. The molecular formula is C17H22N4O4. The van der Waals surface area contributed by atoms with Gasteiger partial charge in [-0.2, -0.15) is 0 Å².